The van der Waals surface area contributed by atoms with E-state index in [1.54, 1.807) is 0 Å². The van der Waals surface area contributed by atoms with E-state index in [0.717, 1.165) is 56.1 Å². The first-order chi connectivity index (χ1) is 34.7. The molecule has 328 valence electrons. The van der Waals surface area contributed by atoms with Gasteiger partial charge < -0.3 is 9.47 Å². The van der Waals surface area contributed by atoms with Gasteiger partial charge in [0, 0.05) is 33.3 Å². The van der Waals surface area contributed by atoms with Gasteiger partial charge in [0.25, 0.3) is 0 Å². The summed E-state index contributed by atoms with van der Waals surface area (Å²) in [6.45, 7) is 0. The Hall–Kier alpha value is -9.24. The molecular formula is C68H46N2. The Morgan fingerprint density at radius 3 is 1.57 bits per heavy atom. The van der Waals surface area contributed by atoms with E-state index in [4.69, 9.17) is 0 Å². The fourth-order valence-corrected chi connectivity index (χ4v) is 10.8. The molecule has 12 aromatic carbocycles. The summed E-state index contributed by atoms with van der Waals surface area (Å²) in [5.74, 6) is 0. The van der Waals surface area contributed by atoms with Crippen molar-refractivity contribution in [3.63, 3.8) is 0 Å². The molecule has 0 atom stereocenters. The molecule has 0 N–H and O–H groups in total. The molecule has 1 heterocycles. The number of aromatic nitrogens is 1. The van der Waals surface area contributed by atoms with Gasteiger partial charge in [-0.3, -0.25) is 0 Å². The second kappa shape index (κ2) is 17.4. The molecule has 0 saturated carbocycles. The molecule has 0 amide bonds. The Morgan fingerprint density at radius 2 is 0.800 bits per heavy atom. The van der Waals surface area contributed by atoms with Crippen LogP contribution in [0.2, 0.25) is 0 Å². The van der Waals surface area contributed by atoms with Crippen LogP contribution in [0.25, 0.3) is 105 Å². The fraction of sp³-hybridized carbons (Fsp3) is 0. The fourth-order valence-electron chi connectivity index (χ4n) is 10.8. The minimum Gasteiger partial charge on any atom is -0.309 e. The highest BCUT2D eigenvalue weighted by molar-refractivity contribution is 6.11. The summed E-state index contributed by atoms with van der Waals surface area (Å²) in [5.41, 5.74) is 18.5. The number of hydrogen-bond acceptors (Lipinski definition) is 1. The standard InChI is InChI=1S/C68H46N2/c1-4-19-49(20-5-1)58-43-40-53(57-32-16-24-48-23-10-11-29-56(48)57)46-66(58)70(65-36-15-13-31-61(65)63-34-18-26-51-25-17-33-59(68(51)63)50-21-6-2-7-22-50)55-41-37-47(38-42-55)52-39-44-62-60-30-12-14-35-64(60)69(67(62)45-52)54-27-8-3-9-28-54/h1-46H. The third-order valence-electron chi connectivity index (χ3n) is 14.0. The van der Waals surface area contributed by atoms with Gasteiger partial charge in [-0.15, -0.1) is 0 Å². The van der Waals surface area contributed by atoms with E-state index in [1.165, 1.54) is 65.6 Å². The van der Waals surface area contributed by atoms with Gasteiger partial charge in [-0.25, -0.2) is 0 Å². The van der Waals surface area contributed by atoms with Crippen LogP contribution in [0, 0.1) is 0 Å². The molecule has 13 rings (SSSR count). The van der Waals surface area contributed by atoms with Gasteiger partial charge >= 0.3 is 0 Å². The van der Waals surface area contributed by atoms with Crippen molar-refractivity contribution in [3.05, 3.63) is 279 Å². The van der Waals surface area contributed by atoms with Gasteiger partial charge in [0.1, 0.15) is 0 Å². The number of benzene rings is 12. The molecule has 0 radical (unpaired) electrons. The number of rotatable bonds is 9. The molecule has 2 nitrogen and oxygen atoms in total. The Kier molecular flexibility index (Phi) is 10.2. The summed E-state index contributed by atoms with van der Waals surface area (Å²) < 4.78 is 2.39. The molecule has 0 unspecified atom stereocenters. The zero-order valence-electron chi connectivity index (χ0n) is 38.5. The highest BCUT2D eigenvalue weighted by atomic mass is 15.1. The van der Waals surface area contributed by atoms with Crippen LogP contribution in [0.15, 0.2) is 279 Å². The molecule has 2 heteroatoms. The maximum absolute atomic E-state index is 2.50. The van der Waals surface area contributed by atoms with Gasteiger partial charge in [0.05, 0.1) is 22.4 Å². The van der Waals surface area contributed by atoms with Crippen molar-refractivity contribution in [3.8, 4) is 61.3 Å². The molecule has 0 aliphatic rings. The molecule has 0 aliphatic carbocycles. The largest absolute Gasteiger partial charge is 0.309 e. The first-order valence-corrected chi connectivity index (χ1v) is 24.1. The summed E-state index contributed by atoms with van der Waals surface area (Å²) in [7, 11) is 0. The quantitative estimate of drug-likeness (QED) is 0.140. The van der Waals surface area contributed by atoms with Crippen LogP contribution in [-0.2, 0) is 0 Å². The lowest BCUT2D eigenvalue weighted by molar-refractivity contribution is 1.18. The highest BCUT2D eigenvalue weighted by Gasteiger charge is 2.24. The van der Waals surface area contributed by atoms with Crippen molar-refractivity contribution in [2.24, 2.45) is 0 Å². The minimum absolute atomic E-state index is 1.06. The van der Waals surface area contributed by atoms with E-state index in [0.29, 0.717) is 0 Å². The molecule has 0 aliphatic heterocycles. The molecule has 70 heavy (non-hydrogen) atoms. The lowest BCUT2D eigenvalue weighted by Gasteiger charge is -2.31. The van der Waals surface area contributed by atoms with Crippen LogP contribution in [0.3, 0.4) is 0 Å². The van der Waals surface area contributed by atoms with Gasteiger partial charge in [-0.2, -0.15) is 0 Å². The number of para-hydroxylation sites is 3. The summed E-state index contributed by atoms with van der Waals surface area (Å²) in [5, 5.41) is 7.38. The first-order valence-electron chi connectivity index (χ1n) is 24.1. The number of hydrogen-bond donors (Lipinski definition) is 0. The zero-order chi connectivity index (χ0) is 46.4. The van der Waals surface area contributed by atoms with Crippen LogP contribution in [-0.4, -0.2) is 4.57 Å². The van der Waals surface area contributed by atoms with Crippen LogP contribution in [0.1, 0.15) is 0 Å². The van der Waals surface area contributed by atoms with Gasteiger partial charge in [0.15, 0.2) is 0 Å². The van der Waals surface area contributed by atoms with E-state index in [-0.39, 0.29) is 0 Å². The number of anilines is 3. The van der Waals surface area contributed by atoms with Crippen LogP contribution < -0.4 is 4.90 Å². The van der Waals surface area contributed by atoms with Gasteiger partial charge in [-0.1, -0.05) is 231 Å². The summed E-state index contributed by atoms with van der Waals surface area (Å²) in [6.07, 6.45) is 0. The third-order valence-corrected chi connectivity index (χ3v) is 14.0. The summed E-state index contributed by atoms with van der Waals surface area (Å²) in [6, 6.07) is 102. The van der Waals surface area contributed by atoms with Crippen molar-refractivity contribution in [2.75, 3.05) is 4.90 Å². The van der Waals surface area contributed by atoms with E-state index < -0.39 is 0 Å². The van der Waals surface area contributed by atoms with E-state index in [2.05, 4.69) is 289 Å². The van der Waals surface area contributed by atoms with E-state index in [1.807, 2.05) is 0 Å². The highest BCUT2D eigenvalue weighted by Crippen LogP contribution is 2.49. The molecule has 0 spiro atoms. The number of nitrogens with zero attached hydrogens (tertiary/aromatic N) is 2. The van der Waals surface area contributed by atoms with Crippen molar-refractivity contribution in [1.29, 1.82) is 0 Å². The molecule has 13 aromatic rings. The molecule has 0 saturated heterocycles. The Labute approximate surface area is 408 Å². The van der Waals surface area contributed by atoms with Crippen molar-refractivity contribution >= 4 is 60.4 Å². The topological polar surface area (TPSA) is 8.17 Å². The SMILES string of the molecule is c1ccc(-c2ccc(-c3cccc4ccccc34)cc2N(c2ccc(-c3ccc4c5ccccc5n(-c5ccccc5)c4c3)cc2)c2ccccc2-c2cccc3cccc(-c4ccccc4)c23)cc1. The molecular weight excluding hydrogens is 845 g/mol. The minimum atomic E-state index is 1.06. The zero-order valence-corrected chi connectivity index (χ0v) is 38.5. The summed E-state index contributed by atoms with van der Waals surface area (Å²) in [4.78, 5) is 2.50. The molecule has 0 bridgehead atoms. The van der Waals surface area contributed by atoms with E-state index in [9.17, 15) is 0 Å². The predicted octanol–water partition coefficient (Wildman–Crippen LogP) is 18.9. The van der Waals surface area contributed by atoms with Crippen LogP contribution in [0.4, 0.5) is 17.1 Å². The van der Waals surface area contributed by atoms with Gasteiger partial charge in [0.2, 0.25) is 0 Å². The third kappa shape index (κ3) is 7.13. The normalized spacial score (nSPS) is 11.4. The monoisotopic (exact) mass is 890 g/mol. The van der Waals surface area contributed by atoms with Crippen molar-refractivity contribution in [1.82, 2.24) is 4.57 Å². The maximum Gasteiger partial charge on any atom is 0.0547 e. The second-order valence-corrected chi connectivity index (χ2v) is 18.0. The number of fused-ring (bicyclic) bond motifs is 5. The lowest BCUT2D eigenvalue weighted by atomic mass is 9.90. The Bertz CT molecular complexity index is 4030. The Morgan fingerprint density at radius 1 is 0.257 bits per heavy atom. The van der Waals surface area contributed by atoms with Crippen molar-refractivity contribution in [2.45, 2.75) is 0 Å². The molecule has 0 fully saturated rings. The van der Waals surface area contributed by atoms with E-state index >= 15 is 0 Å². The maximum atomic E-state index is 2.50. The second-order valence-electron chi connectivity index (χ2n) is 18.0. The first kappa shape index (κ1) is 41.0. The van der Waals surface area contributed by atoms with Gasteiger partial charge in [-0.05, 0) is 115 Å². The van der Waals surface area contributed by atoms with Crippen LogP contribution >= 0.6 is 0 Å². The van der Waals surface area contributed by atoms with Crippen molar-refractivity contribution < 1.29 is 0 Å². The average Bonchev–Trinajstić information content (AvgIpc) is 3.77. The van der Waals surface area contributed by atoms with Crippen LogP contribution in [0.5, 0.6) is 0 Å². The Balaban J connectivity index is 1.04. The predicted molar refractivity (Wildman–Crippen MR) is 298 cm³/mol. The summed E-state index contributed by atoms with van der Waals surface area (Å²) >= 11 is 0. The lowest BCUT2D eigenvalue weighted by Crippen LogP contribution is -2.13. The smallest absolute Gasteiger partial charge is 0.0547 e. The average molecular weight is 891 g/mol. The molecule has 1 aromatic heterocycles.